The summed E-state index contributed by atoms with van der Waals surface area (Å²) in [5.74, 6) is 2.93. The van der Waals surface area contributed by atoms with Gasteiger partial charge >= 0.3 is 0 Å². The van der Waals surface area contributed by atoms with Gasteiger partial charge in [0.2, 0.25) is 6.23 Å². The van der Waals surface area contributed by atoms with Crippen LogP contribution in [0.3, 0.4) is 0 Å². The lowest BCUT2D eigenvalue weighted by atomic mass is 10.0. The van der Waals surface area contributed by atoms with Crippen LogP contribution >= 0.6 is 0 Å². The minimum Gasteiger partial charge on any atom is -0.465 e. The molecule has 3 aromatic carbocycles. The first-order valence-corrected chi connectivity index (χ1v) is 19.5. The summed E-state index contributed by atoms with van der Waals surface area (Å²) >= 11 is 0. The van der Waals surface area contributed by atoms with E-state index >= 15 is 0 Å². The van der Waals surface area contributed by atoms with Gasteiger partial charge in [0.1, 0.15) is 17.4 Å². The standard InChI is InChI=1S/C36H37N7OSi/c1-45(2)20-30(40-21-45)35-39-18-28(42-35)23-11-13-31-25(15-23)16-32-26-12-10-24(29-19-38-34(41-29)27-9-6-14-37-27)17-33(26)44-36(43(31)32)22-7-4-3-5-8-22/h3-5,7-8,10-13,15-19,27,30,36-37,40H,6,9,14,20-21H2,1-2H3,(H,38,41)(H,39,42). The van der Waals surface area contributed by atoms with Crippen molar-refractivity contribution in [3.05, 3.63) is 102 Å². The van der Waals surface area contributed by atoms with Crippen LogP contribution in [0.2, 0.25) is 19.1 Å². The quantitative estimate of drug-likeness (QED) is 0.153. The third-order valence-electron chi connectivity index (χ3n) is 9.77. The van der Waals surface area contributed by atoms with Gasteiger partial charge < -0.3 is 29.9 Å². The minimum absolute atomic E-state index is 0.285. The van der Waals surface area contributed by atoms with Crippen molar-refractivity contribution in [3.63, 3.8) is 0 Å². The highest BCUT2D eigenvalue weighted by Gasteiger charge is 2.35. The van der Waals surface area contributed by atoms with Crippen molar-refractivity contribution >= 4 is 19.0 Å². The molecule has 6 aromatic rings. The maximum atomic E-state index is 6.87. The summed E-state index contributed by atoms with van der Waals surface area (Å²) in [5, 5.41) is 8.41. The highest BCUT2D eigenvalue weighted by molar-refractivity contribution is 6.78. The molecular formula is C36H37N7OSi. The fourth-order valence-electron chi connectivity index (χ4n) is 7.40. The lowest BCUT2D eigenvalue weighted by Gasteiger charge is -2.30. The van der Waals surface area contributed by atoms with E-state index in [0.29, 0.717) is 12.1 Å². The zero-order valence-electron chi connectivity index (χ0n) is 25.6. The summed E-state index contributed by atoms with van der Waals surface area (Å²) in [6.07, 6.45) is 7.09. The molecule has 0 radical (unpaired) electrons. The number of rotatable bonds is 5. The number of H-pyrrole nitrogens is 2. The average Bonchev–Trinajstić information content (AvgIpc) is 3.90. The van der Waals surface area contributed by atoms with Crippen LogP contribution in [0.5, 0.6) is 5.75 Å². The van der Waals surface area contributed by atoms with Gasteiger partial charge in [-0.05, 0) is 61.9 Å². The summed E-state index contributed by atoms with van der Waals surface area (Å²) in [4.78, 5) is 16.7. The van der Waals surface area contributed by atoms with E-state index in [-0.39, 0.29) is 6.23 Å². The van der Waals surface area contributed by atoms with Crippen LogP contribution in [0, 0.1) is 0 Å². The predicted molar refractivity (Wildman–Crippen MR) is 181 cm³/mol. The number of fused-ring (bicyclic) bond motifs is 5. The number of hydrogen-bond donors (Lipinski definition) is 4. The predicted octanol–water partition coefficient (Wildman–Crippen LogP) is 7.34. The van der Waals surface area contributed by atoms with Gasteiger partial charge in [0.05, 0.1) is 55.1 Å². The Morgan fingerprint density at radius 2 is 1.58 bits per heavy atom. The zero-order valence-corrected chi connectivity index (χ0v) is 26.6. The molecule has 0 bridgehead atoms. The summed E-state index contributed by atoms with van der Waals surface area (Å²) in [6.45, 7) is 5.93. The molecule has 226 valence electrons. The van der Waals surface area contributed by atoms with E-state index in [9.17, 15) is 0 Å². The molecule has 3 aliphatic heterocycles. The van der Waals surface area contributed by atoms with Gasteiger partial charge in [-0.1, -0.05) is 55.6 Å². The Balaban J connectivity index is 1.11. The zero-order chi connectivity index (χ0) is 30.1. The SMILES string of the molecule is C[Si]1(C)CNC(c2ncc(-c3ccc4c(c3)cc3n4C(c4ccccc4)Oc4cc(-c5cnc(C6CCCN6)[nH]5)ccc4-3)[nH]2)C1. The Morgan fingerprint density at radius 3 is 2.31 bits per heavy atom. The van der Waals surface area contributed by atoms with E-state index in [1.54, 1.807) is 0 Å². The molecule has 3 aromatic heterocycles. The molecule has 0 aliphatic carbocycles. The fourth-order valence-corrected chi connectivity index (χ4v) is 9.79. The Morgan fingerprint density at radius 1 is 0.822 bits per heavy atom. The van der Waals surface area contributed by atoms with Gasteiger partial charge in [-0.25, -0.2) is 9.97 Å². The first-order valence-electron chi connectivity index (χ1n) is 16.1. The highest BCUT2D eigenvalue weighted by atomic mass is 28.3. The number of hydrogen-bond acceptors (Lipinski definition) is 5. The monoisotopic (exact) mass is 611 g/mol. The van der Waals surface area contributed by atoms with Crippen molar-refractivity contribution in [3.8, 4) is 39.5 Å². The molecule has 3 unspecified atom stereocenters. The topological polar surface area (TPSA) is 95.6 Å². The van der Waals surface area contributed by atoms with E-state index in [0.717, 1.165) is 81.4 Å². The molecule has 8 nitrogen and oxygen atoms in total. The van der Waals surface area contributed by atoms with Gasteiger partial charge in [-0.3, -0.25) is 0 Å². The molecule has 0 saturated carbocycles. The van der Waals surface area contributed by atoms with Crippen molar-refractivity contribution in [1.82, 2.24) is 35.1 Å². The van der Waals surface area contributed by atoms with E-state index in [1.807, 2.05) is 12.4 Å². The first-order chi connectivity index (χ1) is 22.0. The Kier molecular flexibility index (Phi) is 6.16. The number of nitrogens with one attached hydrogen (secondary N) is 4. The van der Waals surface area contributed by atoms with E-state index < -0.39 is 8.07 Å². The normalized spacial score (nSPS) is 22.0. The van der Waals surface area contributed by atoms with E-state index in [1.165, 1.54) is 17.9 Å². The van der Waals surface area contributed by atoms with Crippen molar-refractivity contribution in [2.24, 2.45) is 0 Å². The Bertz CT molecular complexity index is 2040. The summed E-state index contributed by atoms with van der Waals surface area (Å²) in [6, 6.07) is 27.9. The molecule has 6 heterocycles. The fraction of sp³-hybridized carbons (Fsp3) is 0.278. The van der Waals surface area contributed by atoms with Crippen LogP contribution in [-0.4, -0.2) is 45.3 Å². The molecule has 2 fully saturated rings. The van der Waals surface area contributed by atoms with Crippen molar-refractivity contribution in [2.45, 2.75) is 50.3 Å². The molecule has 3 atom stereocenters. The Labute approximate surface area is 263 Å². The molecule has 0 amide bonds. The van der Waals surface area contributed by atoms with Gasteiger partial charge in [0.25, 0.3) is 0 Å². The van der Waals surface area contributed by atoms with Crippen LogP contribution in [-0.2, 0) is 0 Å². The number of ether oxygens (including phenoxy) is 1. The molecule has 9 heteroatoms. The minimum atomic E-state index is -1.18. The van der Waals surface area contributed by atoms with Gasteiger partial charge in [-0.2, -0.15) is 0 Å². The second kappa shape index (κ2) is 10.3. The van der Waals surface area contributed by atoms with Crippen LogP contribution in [0.4, 0.5) is 0 Å². The van der Waals surface area contributed by atoms with E-state index in [4.69, 9.17) is 14.7 Å². The molecular weight excluding hydrogens is 575 g/mol. The highest BCUT2D eigenvalue weighted by Crippen LogP contribution is 2.46. The average molecular weight is 612 g/mol. The number of aromatic amines is 2. The van der Waals surface area contributed by atoms with Crippen LogP contribution in [0.25, 0.3) is 44.7 Å². The molecule has 9 rings (SSSR count). The van der Waals surface area contributed by atoms with Crippen LogP contribution in [0.1, 0.15) is 48.4 Å². The molecule has 0 spiro atoms. The third-order valence-corrected chi connectivity index (χ3v) is 12.4. The second-order valence-corrected chi connectivity index (χ2v) is 18.7. The largest absolute Gasteiger partial charge is 0.465 e. The third kappa shape index (κ3) is 4.65. The van der Waals surface area contributed by atoms with Crippen molar-refractivity contribution in [2.75, 3.05) is 12.7 Å². The smallest absolute Gasteiger partial charge is 0.203 e. The number of nitrogens with zero attached hydrogens (tertiary/aromatic N) is 3. The van der Waals surface area contributed by atoms with Gasteiger partial charge in [0, 0.05) is 27.6 Å². The van der Waals surface area contributed by atoms with Crippen LogP contribution < -0.4 is 15.4 Å². The van der Waals surface area contributed by atoms with E-state index in [2.05, 4.69) is 111 Å². The number of benzene rings is 3. The summed E-state index contributed by atoms with van der Waals surface area (Å²) < 4.78 is 9.21. The Hall–Kier alpha value is -4.44. The van der Waals surface area contributed by atoms with Crippen LogP contribution in [0.15, 0.2) is 85.2 Å². The van der Waals surface area contributed by atoms with Gasteiger partial charge in [0.15, 0.2) is 0 Å². The molecule has 2 saturated heterocycles. The lowest BCUT2D eigenvalue weighted by Crippen LogP contribution is -2.28. The maximum Gasteiger partial charge on any atom is 0.203 e. The summed E-state index contributed by atoms with van der Waals surface area (Å²) in [7, 11) is -1.18. The first kappa shape index (κ1) is 26.9. The molecule has 3 aliphatic rings. The second-order valence-electron chi connectivity index (χ2n) is 13.6. The number of aromatic nitrogens is 5. The maximum absolute atomic E-state index is 6.87. The molecule has 45 heavy (non-hydrogen) atoms. The lowest BCUT2D eigenvalue weighted by molar-refractivity contribution is 0.173. The van der Waals surface area contributed by atoms with Crippen molar-refractivity contribution in [1.29, 1.82) is 0 Å². The van der Waals surface area contributed by atoms with Crippen molar-refractivity contribution < 1.29 is 4.74 Å². The molecule has 4 N–H and O–H groups in total. The van der Waals surface area contributed by atoms with Gasteiger partial charge in [-0.15, -0.1) is 0 Å². The summed E-state index contributed by atoms with van der Waals surface area (Å²) in [5.41, 5.74) is 8.76. The number of imidazole rings is 2.